The van der Waals surface area contributed by atoms with Gasteiger partial charge in [0.25, 0.3) is 0 Å². The summed E-state index contributed by atoms with van der Waals surface area (Å²) in [4.78, 5) is 26.7. The number of imide groups is 1. The van der Waals surface area contributed by atoms with E-state index in [-0.39, 0.29) is 23.3 Å². The molecule has 112 valence electrons. The molecular formula is C16H26N2O2. The van der Waals surface area contributed by atoms with Gasteiger partial charge in [-0.2, -0.15) is 0 Å². The summed E-state index contributed by atoms with van der Waals surface area (Å²) in [5.41, 5.74) is 0.0150. The first-order chi connectivity index (χ1) is 9.70. The highest BCUT2D eigenvalue weighted by Gasteiger charge is 2.45. The predicted octanol–water partition coefficient (Wildman–Crippen LogP) is 2.23. The van der Waals surface area contributed by atoms with Gasteiger partial charge in [0.2, 0.25) is 11.8 Å². The van der Waals surface area contributed by atoms with Crippen molar-refractivity contribution in [2.24, 2.45) is 5.41 Å². The van der Waals surface area contributed by atoms with Gasteiger partial charge in [-0.05, 0) is 37.6 Å². The maximum absolute atomic E-state index is 12.6. The second-order valence-electron chi connectivity index (χ2n) is 6.93. The largest absolute Gasteiger partial charge is 0.315 e. The van der Waals surface area contributed by atoms with Crippen molar-refractivity contribution in [2.75, 3.05) is 13.1 Å². The van der Waals surface area contributed by atoms with Crippen LogP contribution in [0.4, 0.5) is 0 Å². The van der Waals surface area contributed by atoms with E-state index in [1.54, 1.807) is 4.90 Å². The van der Waals surface area contributed by atoms with Crippen molar-refractivity contribution in [3.63, 3.8) is 0 Å². The molecule has 20 heavy (non-hydrogen) atoms. The number of amides is 2. The number of likely N-dealkylation sites (tertiary alicyclic amines) is 1. The maximum Gasteiger partial charge on any atom is 0.230 e. The van der Waals surface area contributed by atoms with E-state index in [1.165, 1.54) is 19.3 Å². The predicted molar refractivity (Wildman–Crippen MR) is 77.1 cm³/mol. The lowest BCUT2D eigenvalue weighted by atomic mass is 9.67. The molecule has 1 unspecified atom stereocenters. The average molecular weight is 278 g/mol. The van der Waals surface area contributed by atoms with Gasteiger partial charge in [-0.3, -0.25) is 14.5 Å². The number of nitrogens with zero attached hydrogens (tertiary/aromatic N) is 1. The Morgan fingerprint density at radius 3 is 2.35 bits per heavy atom. The van der Waals surface area contributed by atoms with Gasteiger partial charge in [-0.1, -0.05) is 25.7 Å². The summed E-state index contributed by atoms with van der Waals surface area (Å²) in [7, 11) is 0. The lowest BCUT2D eigenvalue weighted by Crippen LogP contribution is -2.54. The van der Waals surface area contributed by atoms with Crippen LogP contribution in [-0.2, 0) is 9.59 Å². The Labute approximate surface area is 121 Å². The molecule has 4 heteroatoms. The van der Waals surface area contributed by atoms with E-state index in [0.717, 1.165) is 45.2 Å². The molecule has 3 aliphatic rings. The summed E-state index contributed by atoms with van der Waals surface area (Å²) < 4.78 is 0. The number of carbonyl (C=O) groups is 2. The van der Waals surface area contributed by atoms with Crippen LogP contribution in [0, 0.1) is 5.41 Å². The van der Waals surface area contributed by atoms with Gasteiger partial charge in [0.05, 0.1) is 6.04 Å². The van der Waals surface area contributed by atoms with Gasteiger partial charge in [0, 0.05) is 19.4 Å². The van der Waals surface area contributed by atoms with Crippen molar-refractivity contribution in [1.82, 2.24) is 10.2 Å². The summed E-state index contributed by atoms with van der Waals surface area (Å²) >= 11 is 0. The van der Waals surface area contributed by atoms with E-state index in [0.29, 0.717) is 12.8 Å². The second-order valence-corrected chi connectivity index (χ2v) is 6.93. The van der Waals surface area contributed by atoms with Crippen LogP contribution >= 0.6 is 0 Å². The van der Waals surface area contributed by atoms with Crippen LogP contribution in [-0.4, -0.2) is 35.8 Å². The summed E-state index contributed by atoms with van der Waals surface area (Å²) in [6, 6.07) is 0.0958. The average Bonchev–Trinajstić information content (AvgIpc) is 2.67. The second kappa shape index (κ2) is 5.84. The van der Waals surface area contributed by atoms with Crippen molar-refractivity contribution in [3.8, 4) is 0 Å². The number of piperidine rings is 1. The zero-order valence-electron chi connectivity index (χ0n) is 12.3. The Hall–Kier alpha value is -0.900. The van der Waals surface area contributed by atoms with Gasteiger partial charge < -0.3 is 5.32 Å². The zero-order valence-corrected chi connectivity index (χ0v) is 12.3. The molecule has 2 aliphatic heterocycles. The smallest absolute Gasteiger partial charge is 0.230 e. The summed E-state index contributed by atoms with van der Waals surface area (Å²) in [6.45, 7) is 1.79. The van der Waals surface area contributed by atoms with Gasteiger partial charge in [0.1, 0.15) is 0 Å². The van der Waals surface area contributed by atoms with Gasteiger partial charge in [0.15, 0.2) is 0 Å². The molecule has 1 N–H and O–H groups in total. The van der Waals surface area contributed by atoms with E-state index in [9.17, 15) is 9.59 Å². The van der Waals surface area contributed by atoms with Crippen molar-refractivity contribution < 1.29 is 9.59 Å². The third-order valence-electron chi connectivity index (χ3n) is 5.39. The molecule has 0 aromatic rings. The van der Waals surface area contributed by atoms with E-state index >= 15 is 0 Å². The first kappa shape index (κ1) is 14.1. The number of carbonyl (C=O) groups excluding carboxylic acids is 2. The molecule has 0 aromatic heterocycles. The molecule has 3 rings (SSSR count). The molecule has 2 amide bonds. The fourth-order valence-corrected chi connectivity index (χ4v) is 4.30. The Bertz CT molecular complexity index is 360. The molecule has 0 radical (unpaired) electrons. The van der Waals surface area contributed by atoms with Crippen LogP contribution in [0.15, 0.2) is 0 Å². The first-order valence-electron chi connectivity index (χ1n) is 8.26. The van der Waals surface area contributed by atoms with Crippen LogP contribution in [0.2, 0.25) is 0 Å². The van der Waals surface area contributed by atoms with Crippen molar-refractivity contribution in [3.05, 3.63) is 0 Å². The summed E-state index contributed by atoms with van der Waals surface area (Å²) in [5.74, 6) is 0.189. The van der Waals surface area contributed by atoms with E-state index in [4.69, 9.17) is 0 Å². The fourth-order valence-electron chi connectivity index (χ4n) is 4.30. The van der Waals surface area contributed by atoms with E-state index in [1.807, 2.05) is 0 Å². The molecule has 2 heterocycles. The maximum atomic E-state index is 12.6. The molecule has 0 aromatic carbocycles. The SMILES string of the molecule is O=C1CC2(CCCCC2)CC(=O)N1C1CCCCNC1. The molecule has 3 fully saturated rings. The lowest BCUT2D eigenvalue weighted by Gasteiger charge is -2.44. The van der Waals surface area contributed by atoms with Crippen LogP contribution in [0.5, 0.6) is 0 Å². The van der Waals surface area contributed by atoms with Crippen molar-refractivity contribution >= 4 is 11.8 Å². The summed E-state index contributed by atoms with van der Waals surface area (Å²) in [6.07, 6.45) is 10.2. The normalized spacial score (nSPS) is 31.4. The Balaban J connectivity index is 1.71. The minimum Gasteiger partial charge on any atom is -0.315 e. The molecule has 1 saturated carbocycles. The zero-order chi connectivity index (χ0) is 14.0. The molecule has 0 bridgehead atoms. The van der Waals surface area contributed by atoms with Crippen molar-refractivity contribution in [1.29, 1.82) is 0 Å². The molecule has 1 aliphatic carbocycles. The molecule has 2 saturated heterocycles. The molecule has 4 nitrogen and oxygen atoms in total. The van der Waals surface area contributed by atoms with Gasteiger partial charge in [-0.25, -0.2) is 0 Å². The Kier molecular flexibility index (Phi) is 4.11. The molecular weight excluding hydrogens is 252 g/mol. The third kappa shape index (κ3) is 2.76. The quantitative estimate of drug-likeness (QED) is 0.748. The minimum atomic E-state index is 0.0150. The number of hydrogen-bond donors (Lipinski definition) is 1. The molecule has 1 atom stereocenters. The minimum absolute atomic E-state index is 0.0150. The first-order valence-corrected chi connectivity index (χ1v) is 8.26. The standard InChI is InChI=1S/C16H26N2O2/c19-14-10-16(7-3-1-4-8-16)11-15(20)18(14)13-6-2-5-9-17-12-13/h13,17H,1-12H2. The highest BCUT2D eigenvalue weighted by atomic mass is 16.2. The topological polar surface area (TPSA) is 49.4 Å². The fraction of sp³-hybridized carbons (Fsp3) is 0.875. The van der Waals surface area contributed by atoms with E-state index < -0.39 is 0 Å². The Morgan fingerprint density at radius 1 is 0.950 bits per heavy atom. The van der Waals surface area contributed by atoms with Crippen LogP contribution in [0.25, 0.3) is 0 Å². The van der Waals surface area contributed by atoms with E-state index in [2.05, 4.69) is 5.32 Å². The van der Waals surface area contributed by atoms with Crippen LogP contribution in [0.1, 0.15) is 64.2 Å². The van der Waals surface area contributed by atoms with Gasteiger partial charge in [-0.15, -0.1) is 0 Å². The van der Waals surface area contributed by atoms with Gasteiger partial charge >= 0.3 is 0 Å². The van der Waals surface area contributed by atoms with Crippen LogP contribution in [0.3, 0.4) is 0 Å². The lowest BCUT2D eigenvalue weighted by molar-refractivity contribution is -0.157. The number of rotatable bonds is 1. The highest BCUT2D eigenvalue weighted by Crippen LogP contribution is 2.45. The van der Waals surface area contributed by atoms with Crippen LogP contribution < -0.4 is 5.32 Å². The number of hydrogen-bond acceptors (Lipinski definition) is 3. The highest BCUT2D eigenvalue weighted by molar-refractivity contribution is 5.99. The number of nitrogens with one attached hydrogen (secondary N) is 1. The summed E-state index contributed by atoms with van der Waals surface area (Å²) in [5, 5.41) is 3.36. The molecule has 1 spiro atoms. The Morgan fingerprint density at radius 2 is 1.65 bits per heavy atom. The van der Waals surface area contributed by atoms with Crippen molar-refractivity contribution in [2.45, 2.75) is 70.3 Å². The third-order valence-corrected chi connectivity index (χ3v) is 5.39. The monoisotopic (exact) mass is 278 g/mol.